The van der Waals surface area contributed by atoms with Gasteiger partial charge in [-0.25, -0.2) is 19.9 Å². The molecule has 0 saturated heterocycles. The van der Waals surface area contributed by atoms with E-state index in [-0.39, 0.29) is 11.8 Å². The summed E-state index contributed by atoms with van der Waals surface area (Å²) in [6, 6.07) is 32.6. The van der Waals surface area contributed by atoms with Gasteiger partial charge in [0.05, 0.1) is 44.1 Å². The Morgan fingerprint density at radius 1 is 0.400 bits per heavy atom. The minimum atomic E-state index is -0.0678. The number of imidazole rings is 4. The van der Waals surface area contributed by atoms with Crippen molar-refractivity contribution in [3.05, 3.63) is 120 Å². The third-order valence-corrected chi connectivity index (χ3v) is 7.71. The molecule has 0 saturated carbocycles. The van der Waals surface area contributed by atoms with Gasteiger partial charge in [-0.2, -0.15) is 0 Å². The van der Waals surface area contributed by atoms with Crippen LogP contribution in [0.1, 0.15) is 35.1 Å². The standard InChI is InChI=1S/C32H26N8/c1-2-10-22-21(9-1)33-29(34-22)17-19(31-37-25-13-5-6-14-26(25)38-31)20(32-39-27-15-7-8-16-28(27)40-32)18-30-35-23-11-3-4-12-24(23)36-30/h1-16,19-20H,17-18H2,(H,33,34)(H,35,36)(H,37,38)(H,39,40)/t19-,20+. The first-order valence-electron chi connectivity index (χ1n) is 13.5. The van der Waals surface area contributed by atoms with E-state index in [0.717, 1.165) is 67.4 Å². The van der Waals surface area contributed by atoms with Gasteiger partial charge in [-0.3, -0.25) is 0 Å². The molecule has 2 atom stereocenters. The van der Waals surface area contributed by atoms with Crippen LogP contribution in [0.2, 0.25) is 0 Å². The number of para-hydroxylation sites is 8. The molecule has 8 nitrogen and oxygen atoms in total. The third kappa shape index (κ3) is 4.01. The van der Waals surface area contributed by atoms with Gasteiger partial charge < -0.3 is 19.9 Å². The van der Waals surface area contributed by atoms with Crippen molar-refractivity contribution >= 4 is 44.1 Å². The van der Waals surface area contributed by atoms with Crippen LogP contribution in [-0.4, -0.2) is 39.9 Å². The number of H-pyrrole nitrogens is 4. The van der Waals surface area contributed by atoms with Crippen molar-refractivity contribution < 1.29 is 0 Å². The highest BCUT2D eigenvalue weighted by atomic mass is 15.0. The first-order valence-corrected chi connectivity index (χ1v) is 13.5. The van der Waals surface area contributed by atoms with Crippen molar-refractivity contribution in [2.45, 2.75) is 24.7 Å². The SMILES string of the molecule is c1ccc2[nH]c(C[C@H](c3nc4ccccc4[nH]3)[C@@H](Cc3nc4ccccc4[nH]3)c3nc4ccccc4[nH]3)nc2c1. The Morgan fingerprint density at radius 3 is 1.07 bits per heavy atom. The van der Waals surface area contributed by atoms with E-state index in [1.165, 1.54) is 0 Å². The van der Waals surface area contributed by atoms with Crippen LogP contribution in [-0.2, 0) is 12.8 Å². The van der Waals surface area contributed by atoms with Gasteiger partial charge in [0.1, 0.15) is 23.3 Å². The number of hydrogen-bond donors (Lipinski definition) is 4. The molecular formula is C32H26N8. The number of fused-ring (bicyclic) bond motifs is 4. The summed E-state index contributed by atoms with van der Waals surface area (Å²) in [5.74, 6) is 3.50. The van der Waals surface area contributed by atoms with Crippen LogP contribution in [0.3, 0.4) is 0 Å². The largest absolute Gasteiger partial charge is 0.342 e. The van der Waals surface area contributed by atoms with Crippen molar-refractivity contribution in [3.8, 4) is 0 Å². The molecule has 0 unspecified atom stereocenters. The Balaban J connectivity index is 1.29. The minimum Gasteiger partial charge on any atom is -0.342 e. The smallest absolute Gasteiger partial charge is 0.111 e. The van der Waals surface area contributed by atoms with Crippen molar-refractivity contribution in [1.82, 2.24) is 39.9 Å². The van der Waals surface area contributed by atoms with Crippen LogP contribution >= 0.6 is 0 Å². The molecule has 0 aliphatic heterocycles. The summed E-state index contributed by atoms with van der Waals surface area (Å²) in [6.07, 6.45) is 1.30. The average Bonchev–Trinajstić information content (AvgIpc) is 3.77. The van der Waals surface area contributed by atoms with Gasteiger partial charge in [-0.1, -0.05) is 48.5 Å². The quantitative estimate of drug-likeness (QED) is 0.190. The summed E-state index contributed by atoms with van der Waals surface area (Å²) < 4.78 is 0. The lowest BCUT2D eigenvalue weighted by atomic mass is 9.85. The van der Waals surface area contributed by atoms with E-state index in [2.05, 4.69) is 44.2 Å². The molecule has 0 bridgehead atoms. The van der Waals surface area contributed by atoms with Crippen LogP contribution in [0, 0.1) is 0 Å². The van der Waals surface area contributed by atoms with Gasteiger partial charge in [-0.15, -0.1) is 0 Å². The lowest BCUT2D eigenvalue weighted by Crippen LogP contribution is -2.20. The lowest BCUT2D eigenvalue weighted by molar-refractivity contribution is 0.480. The van der Waals surface area contributed by atoms with Gasteiger partial charge in [0.25, 0.3) is 0 Å². The zero-order chi connectivity index (χ0) is 26.5. The number of nitrogens with one attached hydrogen (secondary N) is 4. The zero-order valence-corrected chi connectivity index (χ0v) is 21.6. The second-order valence-electron chi connectivity index (χ2n) is 10.3. The van der Waals surface area contributed by atoms with Crippen molar-refractivity contribution in [3.63, 3.8) is 0 Å². The number of hydrogen-bond acceptors (Lipinski definition) is 4. The number of aromatic amines is 4. The highest BCUT2D eigenvalue weighted by molar-refractivity contribution is 5.77. The molecule has 4 N–H and O–H groups in total. The molecule has 0 aliphatic rings. The molecule has 4 heterocycles. The molecule has 8 rings (SSSR count). The van der Waals surface area contributed by atoms with Crippen molar-refractivity contribution in [1.29, 1.82) is 0 Å². The number of rotatable bonds is 7. The van der Waals surface area contributed by atoms with Gasteiger partial charge in [-0.05, 0) is 48.5 Å². The van der Waals surface area contributed by atoms with Crippen LogP contribution in [0.4, 0.5) is 0 Å². The van der Waals surface area contributed by atoms with E-state index in [4.69, 9.17) is 19.9 Å². The highest BCUT2D eigenvalue weighted by Gasteiger charge is 2.32. The van der Waals surface area contributed by atoms with Crippen molar-refractivity contribution in [2.75, 3.05) is 0 Å². The molecule has 8 heteroatoms. The van der Waals surface area contributed by atoms with Crippen LogP contribution < -0.4 is 0 Å². The summed E-state index contributed by atoms with van der Waals surface area (Å²) >= 11 is 0. The van der Waals surface area contributed by atoms with Crippen LogP contribution in [0.5, 0.6) is 0 Å². The van der Waals surface area contributed by atoms with Gasteiger partial charge >= 0.3 is 0 Å². The van der Waals surface area contributed by atoms with Crippen molar-refractivity contribution in [2.24, 2.45) is 0 Å². The predicted molar refractivity (Wildman–Crippen MR) is 157 cm³/mol. The number of nitrogens with zero attached hydrogens (tertiary/aromatic N) is 4. The van der Waals surface area contributed by atoms with Gasteiger partial charge in [0.15, 0.2) is 0 Å². The fraction of sp³-hybridized carbons (Fsp3) is 0.125. The summed E-state index contributed by atoms with van der Waals surface area (Å²) in [7, 11) is 0. The summed E-state index contributed by atoms with van der Waals surface area (Å²) in [6.45, 7) is 0. The van der Waals surface area contributed by atoms with E-state index < -0.39 is 0 Å². The maximum Gasteiger partial charge on any atom is 0.111 e. The van der Waals surface area contributed by atoms with Gasteiger partial charge in [0.2, 0.25) is 0 Å². The first-order chi connectivity index (χ1) is 19.8. The molecule has 40 heavy (non-hydrogen) atoms. The maximum atomic E-state index is 5.08. The van der Waals surface area contributed by atoms with E-state index in [0.29, 0.717) is 12.8 Å². The van der Waals surface area contributed by atoms with E-state index in [1.54, 1.807) is 0 Å². The molecule has 0 fully saturated rings. The van der Waals surface area contributed by atoms with Crippen LogP contribution in [0.15, 0.2) is 97.1 Å². The molecular weight excluding hydrogens is 496 g/mol. The van der Waals surface area contributed by atoms with Crippen LogP contribution in [0.25, 0.3) is 44.1 Å². The maximum absolute atomic E-state index is 5.08. The Hall–Kier alpha value is -5.24. The minimum absolute atomic E-state index is 0.0678. The Morgan fingerprint density at radius 2 is 0.725 bits per heavy atom. The summed E-state index contributed by atoms with van der Waals surface area (Å²) in [5.41, 5.74) is 7.88. The lowest BCUT2D eigenvalue weighted by Gasteiger charge is -2.23. The summed E-state index contributed by atoms with van der Waals surface area (Å²) in [5, 5.41) is 0. The topological polar surface area (TPSA) is 115 Å². The van der Waals surface area contributed by atoms with E-state index in [9.17, 15) is 0 Å². The Bertz CT molecular complexity index is 1830. The fourth-order valence-corrected chi connectivity index (χ4v) is 5.78. The zero-order valence-electron chi connectivity index (χ0n) is 21.6. The molecule has 0 amide bonds. The van der Waals surface area contributed by atoms with Gasteiger partial charge in [0, 0.05) is 24.7 Å². The molecule has 4 aromatic heterocycles. The van der Waals surface area contributed by atoms with E-state index in [1.807, 2.05) is 72.8 Å². The summed E-state index contributed by atoms with van der Waals surface area (Å²) in [4.78, 5) is 34.4. The third-order valence-electron chi connectivity index (χ3n) is 7.71. The molecule has 8 aromatic rings. The number of aromatic nitrogens is 8. The molecule has 0 aliphatic carbocycles. The van der Waals surface area contributed by atoms with E-state index >= 15 is 0 Å². The molecule has 0 spiro atoms. The fourth-order valence-electron chi connectivity index (χ4n) is 5.78. The first kappa shape index (κ1) is 22.7. The highest BCUT2D eigenvalue weighted by Crippen LogP contribution is 2.37. The molecule has 4 aromatic carbocycles. The second kappa shape index (κ2) is 9.20. The second-order valence-corrected chi connectivity index (χ2v) is 10.3. The molecule has 194 valence electrons. The average molecular weight is 523 g/mol. The molecule has 0 radical (unpaired) electrons. The predicted octanol–water partition coefficient (Wildman–Crippen LogP) is 6.54. The monoisotopic (exact) mass is 522 g/mol. The normalized spacial score (nSPS) is 13.5. The Kier molecular flexibility index (Phi) is 5.22. The number of benzene rings is 4. The Labute approximate surface area is 229 Å².